The van der Waals surface area contributed by atoms with Crippen molar-refractivity contribution in [2.75, 3.05) is 0 Å². The number of halogens is 2. The third kappa shape index (κ3) is 2.52. The van der Waals surface area contributed by atoms with Gasteiger partial charge in [-0.25, -0.2) is 0 Å². The summed E-state index contributed by atoms with van der Waals surface area (Å²) < 4.78 is 0. The van der Waals surface area contributed by atoms with Gasteiger partial charge in [-0.2, -0.15) is 0 Å². The lowest BCUT2D eigenvalue weighted by Gasteiger charge is -2.17. The Morgan fingerprint density at radius 1 is 1.00 bits per heavy atom. The fourth-order valence-corrected chi connectivity index (χ4v) is 2.92. The van der Waals surface area contributed by atoms with Gasteiger partial charge in [-0.05, 0) is 42.2 Å². The van der Waals surface area contributed by atoms with Crippen LogP contribution < -0.4 is 0 Å². The predicted octanol–water partition coefficient (Wildman–Crippen LogP) is 5.21. The van der Waals surface area contributed by atoms with Gasteiger partial charge in [0.15, 0.2) is 5.78 Å². The molecule has 100 valence electrons. The predicted molar refractivity (Wildman–Crippen MR) is 83.5 cm³/mol. The molecule has 20 heavy (non-hydrogen) atoms. The number of Topliss-reactive ketones (excluding diaryl/α,β-unsaturated/α-hetero) is 1. The molecule has 3 rings (SSSR count). The van der Waals surface area contributed by atoms with Crippen LogP contribution in [0.5, 0.6) is 0 Å². The molecule has 0 amide bonds. The molecule has 3 heteroatoms. The van der Waals surface area contributed by atoms with E-state index in [-0.39, 0.29) is 5.78 Å². The van der Waals surface area contributed by atoms with Crippen molar-refractivity contribution in [3.05, 3.63) is 74.8 Å². The number of fused-ring (bicyclic) bond motifs is 1. The van der Waals surface area contributed by atoms with Crippen LogP contribution in [0.4, 0.5) is 0 Å². The summed E-state index contributed by atoms with van der Waals surface area (Å²) in [4.78, 5) is 12.5. The SMILES string of the molecule is O=C1/C(=C/c2ccc(Cl)cc2Cl)CCc2ccccc21. The first-order valence-corrected chi connectivity index (χ1v) is 7.19. The van der Waals surface area contributed by atoms with Gasteiger partial charge in [0, 0.05) is 21.2 Å². The van der Waals surface area contributed by atoms with Gasteiger partial charge in [-0.1, -0.05) is 53.5 Å². The Kier molecular flexibility index (Phi) is 3.64. The van der Waals surface area contributed by atoms with E-state index in [2.05, 4.69) is 0 Å². The molecule has 1 aliphatic rings. The molecule has 0 saturated heterocycles. The average molecular weight is 303 g/mol. The molecule has 1 nitrogen and oxygen atoms in total. The Hall–Kier alpha value is -1.57. The summed E-state index contributed by atoms with van der Waals surface area (Å²) >= 11 is 12.0. The molecule has 0 aromatic heterocycles. The second kappa shape index (κ2) is 5.43. The summed E-state index contributed by atoms with van der Waals surface area (Å²) in [5.74, 6) is 0.0952. The van der Waals surface area contributed by atoms with Crippen LogP contribution in [0.15, 0.2) is 48.0 Å². The molecule has 0 radical (unpaired) electrons. The number of hydrogen-bond donors (Lipinski definition) is 0. The molecule has 0 heterocycles. The molecule has 1 aliphatic carbocycles. The summed E-state index contributed by atoms with van der Waals surface area (Å²) in [6, 6.07) is 13.1. The number of carbonyl (C=O) groups is 1. The molecule has 0 atom stereocenters. The minimum absolute atomic E-state index is 0.0952. The zero-order valence-corrected chi connectivity index (χ0v) is 12.2. The van der Waals surface area contributed by atoms with Crippen molar-refractivity contribution in [3.63, 3.8) is 0 Å². The first-order valence-electron chi connectivity index (χ1n) is 6.43. The number of aryl methyl sites for hydroxylation is 1. The first kappa shape index (κ1) is 13.4. The second-order valence-electron chi connectivity index (χ2n) is 4.82. The van der Waals surface area contributed by atoms with Gasteiger partial charge in [-0.3, -0.25) is 4.79 Å². The van der Waals surface area contributed by atoms with E-state index in [0.29, 0.717) is 10.0 Å². The number of benzene rings is 2. The summed E-state index contributed by atoms with van der Waals surface area (Å²) in [6.45, 7) is 0. The zero-order chi connectivity index (χ0) is 14.1. The van der Waals surface area contributed by atoms with Crippen molar-refractivity contribution in [3.8, 4) is 0 Å². The minimum atomic E-state index is 0.0952. The zero-order valence-electron chi connectivity index (χ0n) is 10.7. The summed E-state index contributed by atoms with van der Waals surface area (Å²) in [6.07, 6.45) is 3.50. The highest BCUT2D eigenvalue weighted by Gasteiger charge is 2.21. The van der Waals surface area contributed by atoms with E-state index >= 15 is 0 Å². The van der Waals surface area contributed by atoms with E-state index in [1.54, 1.807) is 12.1 Å². The van der Waals surface area contributed by atoms with Crippen LogP contribution in [0, 0.1) is 0 Å². The Balaban J connectivity index is 2.00. The van der Waals surface area contributed by atoms with Gasteiger partial charge < -0.3 is 0 Å². The maximum Gasteiger partial charge on any atom is 0.189 e. The molecule has 2 aromatic carbocycles. The Labute approximate surface area is 127 Å². The first-order chi connectivity index (χ1) is 9.65. The third-order valence-corrected chi connectivity index (χ3v) is 4.07. The maximum atomic E-state index is 12.5. The summed E-state index contributed by atoms with van der Waals surface area (Å²) in [7, 11) is 0. The van der Waals surface area contributed by atoms with E-state index in [1.807, 2.05) is 36.4 Å². The highest BCUT2D eigenvalue weighted by Crippen LogP contribution is 2.29. The van der Waals surface area contributed by atoms with Crippen molar-refractivity contribution < 1.29 is 4.79 Å². The van der Waals surface area contributed by atoms with E-state index < -0.39 is 0 Å². The number of hydrogen-bond acceptors (Lipinski definition) is 1. The lowest BCUT2D eigenvalue weighted by atomic mass is 9.86. The van der Waals surface area contributed by atoms with E-state index in [9.17, 15) is 4.79 Å². The maximum absolute atomic E-state index is 12.5. The molecule has 0 fully saturated rings. The lowest BCUT2D eigenvalue weighted by Crippen LogP contribution is -2.13. The van der Waals surface area contributed by atoms with Gasteiger partial charge in [0.05, 0.1) is 0 Å². The number of carbonyl (C=O) groups excluding carboxylic acids is 1. The minimum Gasteiger partial charge on any atom is -0.289 e. The largest absolute Gasteiger partial charge is 0.289 e. The number of allylic oxidation sites excluding steroid dienone is 1. The lowest BCUT2D eigenvalue weighted by molar-refractivity contribution is 0.102. The van der Waals surface area contributed by atoms with Crippen LogP contribution in [0.25, 0.3) is 6.08 Å². The van der Waals surface area contributed by atoms with E-state index in [0.717, 1.165) is 35.1 Å². The Bertz CT molecular complexity index is 717. The molecule has 2 aromatic rings. The quantitative estimate of drug-likeness (QED) is 0.661. The second-order valence-corrected chi connectivity index (χ2v) is 5.67. The van der Waals surface area contributed by atoms with Gasteiger partial charge >= 0.3 is 0 Å². The van der Waals surface area contributed by atoms with Crippen LogP contribution in [0.1, 0.15) is 27.9 Å². The number of rotatable bonds is 1. The standard InChI is InChI=1S/C17H12Cl2O/c18-14-8-7-12(16(19)10-14)9-13-6-5-11-3-1-2-4-15(11)17(13)20/h1-4,7-10H,5-6H2/b13-9+. The van der Waals surface area contributed by atoms with Gasteiger partial charge in [0.1, 0.15) is 0 Å². The van der Waals surface area contributed by atoms with Crippen LogP contribution in [0.2, 0.25) is 10.0 Å². The molecule has 0 spiro atoms. The summed E-state index contributed by atoms with van der Waals surface area (Å²) in [5.41, 5.74) is 3.55. The molecule has 0 N–H and O–H groups in total. The molecule has 0 saturated carbocycles. The fraction of sp³-hybridized carbons (Fsp3) is 0.118. The molecule has 0 aliphatic heterocycles. The monoisotopic (exact) mass is 302 g/mol. The van der Waals surface area contributed by atoms with Crippen molar-refractivity contribution >= 4 is 35.1 Å². The molecular formula is C17H12Cl2O. The Morgan fingerprint density at radius 3 is 2.60 bits per heavy atom. The van der Waals surface area contributed by atoms with Gasteiger partial charge in [0.2, 0.25) is 0 Å². The Morgan fingerprint density at radius 2 is 1.80 bits per heavy atom. The van der Waals surface area contributed by atoms with E-state index in [4.69, 9.17) is 23.2 Å². The van der Waals surface area contributed by atoms with Gasteiger partial charge in [-0.15, -0.1) is 0 Å². The molecular weight excluding hydrogens is 291 g/mol. The van der Waals surface area contributed by atoms with Crippen LogP contribution in [0.3, 0.4) is 0 Å². The fourth-order valence-electron chi connectivity index (χ4n) is 2.46. The third-order valence-electron chi connectivity index (χ3n) is 3.51. The van der Waals surface area contributed by atoms with Crippen molar-refractivity contribution in [2.24, 2.45) is 0 Å². The van der Waals surface area contributed by atoms with Crippen LogP contribution in [-0.4, -0.2) is 5.78 Å². The normalized spacial score (nSPS) is 16.3. The number of ketones is 1. The van der Waals surface area contributed by atoms with Crippen molar-refractivity contribution in [1.82, 2.24) is 0 Å². The van der Waals surface area contributed by atoms with Crippen LogP contribution in [-0.2, 0) is 6.42 Å². The van der Waals surface area contributed by atoms with Crippen molar-refractivity contribution in [1.29, 1.82) is 0 Å². The summed E-state index contributed by atoms with van der Waals surface area (Å²) in [5, 5.41) is 1.16. The highest BCUT2D eigenvalue weighted by molar-refractivity contribution is 6.35. The van der Waals surface area contributed by atoms with E-state index in [1.165, 1.54) is 0 Å². The molecule has 0 unspecified atom stereocenters. The van der Waals surface area contributed by atoms with Crippen molar-refractivity contribution in [2.45, 2.75) is 12.8 Å². The van der Waals surface area contributed by atoms with Crippen LogP contribution >= 0.6 is 23.2 Å². The smallest absolute Gasteiger partial charge is 0.189 e. The topological polar surface area (TPSA) is 17.1 Å². The average Bonchev–Trinajstić information content (AvgIpc) is 2.45. The highest BCUT2D eigenvalue weighted by atomic mass is 35.5. The molecule has 0 bridgehead atoms. The van der Waals surface area contributed by atoms with Gasteiger partial charge in [0.25, 0.3) is 0 Å².